The Labute approximate surface area is 102 Å². The average molecular weight is 266 g/mol. The van der Waals surface area contributed by atoms with Gasteiger partial charge in [-0.15, -0.1) is 12.4 Å². The number of hydrogen-bond donors (Lipinski definition) is 2. The summed E-state index contributed by atoms with van der Waals surface area (Å²) in [6.07, 6.45) is 2.87. The van der Waals surface area contributed by atoms with Gasteiger partial charge in [-0.2, -0.15) is 0 Å². The van der Waals surface area contributed by atoms with Crippen molar-refractivity contribution in [2.45, 2.75) is 11.8 Å². The van der Waals surface area contributed by atoms with Crippen molar-refractivity contribution in [2.24, 2.45) is 0 Å². The highest BCUT2D eigenvalue weighted by molar-refractivity contribution is 7.89. The zero-order valence-corrected chi connectivity index (χ0v) is 10.6. The lowest BCUT2D eigenvalue weighted by molar-refractivity contribution is 0.577. The lowest BCUT2D eigenvalue weighted by Crippen LogP contribution is -2.31. The van der Waals surface area contributed by atoms with Crippen LogP contribution in [0.3, 0.4) is 0 Å². The van der Waals surface area contributed by atoms with Gasteiger partial charge in [-0.3, -0.25) is 4.98 Å². The van der Waals surface area contributed by atoms with Crippen LogP contribution in [0.1, 0.15) is 6.92 Å². The number of halogens is 1. The van der Waals surface area contributed by atoms with E-state index in [4.69, 9.17) is 0 Å². The first kappa shape index (κ1) is 15.3. The summed E-state index contributed by atoms with van der Waals surface area (Å²) in [7, 11) is -3.39. The summed E-state index contributed by atoms with van der Waals surface area (Å²) >= 11 is 0. The van der Waals surface area contributed by atoms with Gasteiger partial charge in [0.2, 0.25) is 10.0 Å². The summed E-state index contributed by atoms with van der Waals surface area (Å²) in [6.45, 7) is 3.80. The van der Waals surface area contributed by atoms with Crippen molar-refractivity contribution in [3.8, 4) is 0 Å². The summed E-state index contributed by atoms with van der Waals surface area (Å²) < 4.78 is 25.7. The van der Waals surface area contributed by atoms with Crippen LogP contribution < -0.4 is 10.0 Å². The zero-order chi connectivity index (χ0) is 11.1. The van der Waals surface area contributed by atoms with E-state index in [0.717, 1.165) is 6.54 Å². The van der Waals surface area contributed by atoms with Crippen molar-refractivity contribution in [2.75, 3.05) is 19.6 Å². The van der Waals surface area contributed by atoms with Gasteiger partial charge in [0.15, 0.2) is 0 Å². The zero-order valence-electron chi connectivity index (χ0n) is 9.01. The molecule has 1 aromatic rings. The summed E-state index contributed by atoms with van der Waals surface area (Å²) in [4.78, 5) is 3.96. The number of pyridine rings is 1. The Morgan fingerprint density at radius 3 is 2.69 bits per heavy atom. The highest BCUT2D eigenvalue weighted by Crippen LogP contribution is 2.04. The molecule has 1 rings (SSSR count). The first-order valence-electron chi connectivity index (χ1n) is 4.77. The number of nitrogens with one attached hydrogen (secondary N) is 2. The molecule has 0 atom stereocenters. The fourth-order valence-corrected chi connectivity index (χ4v) is 2.03. The Bertz CT molecular complexity index is 383. The molecular weight excluding hydrogens is 250 g/mol. The van der Waals surface area contributed by atoms with Crippen molar-refractivity contribution in [1.29, 1.82) is 0 Å². The largest absolute Gasteiger partial charge is 0.316 e. The highest BCUT2D eigenvalue weighted by Gasteiger charge is 2.12. The number of nitrogens with zero attached hydrogens (tertiary/aromatic N) is 1. The minimum absolute atomic E-state index is 0. The van der Waals surface area contributed by atoms with Crippen molar-refractivity contribution in [1.82, 2.24) is 15.0 Å². The van der Waals surface area contributed by atoms with Gasteiger partial charge in [0.1, 0.15) is 4.90 Å². The average Bonchev–Trinajstić information content (AvgIpc) is 2.26. The lowest BCUT2D eigenvalue weighted by atomic mass is 10.5. The molecule has 0 saturated heterocycles. The van der Waals surface area contributed by atoms with E-state index >= 15 is 0 Å². The van der Waals surface area contributed by atoms with Gasteiger partial charge >= 0.3 is 0 Å². The molecule has 0 aromatic carbocycles. The molecule has 0 saturated carbocycles. The smallest absolute Gasteiger partial charge is 0.242 e. The van der Waals surface area contributed by atoms with E-state index in [1.54, 1.807) is 6.07 Å². The lowest BCUT2D eigenvalue weighted by Gasteiger charge is -2.06. The van der Waals surface area contributed by atoms with Crippen LogP contribution in [0.2, 0.25) is 0 Å². The summed E-state index contributed by atoms with van der Waals surface area (Å²) in [6, 6.07) is 3.11. The molecule has 0 unspecified atom stereocenters. The van der Waals surface area contributed by atoms with Crippen molar-refractivity contribution in [3.05, 3.63) is 24.5 Å². The molecule has 0 amide bonds. The Morgan fingerprint density at radius 2 is 2.12 bits per heavy atom. The van der Waals surface area contributed by atoms with Crippen molar-refractivity contribution >= 4 is 22.4 Å². The SMILES string of the molecule is CCNCCNS(=O)(=O)c1cccnc1.Cl. The van der Waals surface area contributed by atoms with Crippen LogP contribution in [0.4, 0.5) is 0 Å². The first-order valence-corrected chi connectivity index (χ1v) is 6.25. The van der Waals surface area contributed by atoms with Gasteiger partial charge < -0.3 is 5.32 Å². The van der Waals surface area contributed by atoms with E-state index in [1.807, 2.05) is 6.92 Å². The molecule has 2 N–H and O–H groups in total. The molecule has 5 nitrogen and oxygen atoms in total. The quantitative estimate of drug-likeness (QED) is 0.730. The van der Waals surface area contributed by atoms with Crippen LogP contribution in [0.15, 0.2) is 29.4 Å². The van der Waals surface area contributed by atoms with Crippen LogP contribution in [-0.2, 0) is 10.0 Å². The third kappa shape index (κ3) is 4.89. The Balaban J connectivity index is 0.00000225. The molecule has 0 fully saturated rings. The van der Waals surface area contributed by atoms with E-state index in [0.29, 0.717) is 13.1 Å². The van der Waals surface area contributed by atoms with Gasteiger partial charge in [-0.25, -0.2) is 13.1 Å². The second kappa shape index (κ2) is 7.56. The van der Waals surface area contributed by atoms with Gasteiger partial charge in [-0.05, 0) is 18.7 Å². The van der Waals surface area contributed by atoms with Crippen molar-refractivity contribution in [3.63, 3.8) is 0 Å². The van der Waals surface area contributed by atoms with Crippen LogP contribution in [-0.4, -0.2) is 33.0 Å². The monoisotopic (exact) mass is 265 g/mol. The van der Waals surface area contributed by atoms with Gasteiger partial charge in [0.25, 0.3) is 0 Å². The molecule has 1 aromatic heterocycles. The third-order valence-corrected chi connectivity index (χ3v) is 3.23. The second-order valence-corrected chi connectivity index (χ2v) is 4.71. The number of hydrogen-bond acceptors (Lipinski definition) is 4. The molecule has 7 heteroatoms. The van der Waals surface area contributed by atoms with Gasteiger partial charge in [-0.1, -0.05) is 6.92 Å². The van der Waals surface area contributed by atoms with Crippen LogP contribution in [0.5, 0.6) is 0 Å². The van der Waals surface area contributed by atoms with Crippen molar-refractivity contribution < 1.29 is 8.42 Å². The maximum Gasteiger partial charge on any atom is 0.242 e. The van der Waals surface area contributed by atoms with E-state index in [-0.39, 0.29) is 17.3 Å². The number of sulfonamides is 1. The summed E-state index contributed by atoms with van der Waals surface area (Å²) in [5, 5.41) is 3.03. The van der Waals surface area contributed by atoms with E-state index < -0.39 is 10.0 Å². The second-order valence-electron chi connectivity index (χ2n) is 2.94. The van der Waals surface area contributed by atoms with Gasteiger partial charge in [0.05, 0.1) is 0 Å². The molecular formula is C9H16ClN3O2S. The molecule has 16 heavy (non-hydrogen) atoms. The Morgan fingerprint density at radius 1 is 1.38 bits per heavy atom. The predicted molar refractivity (Wildman–Crippen MR) is 65.2 cm³/mol. The summed E-state index contributed by atoms with van der Waals surface area (Å²) in [5.74, 6) is 0. The Kier molecular flexibility index (Phi) is 7.24. The number of rotatable bonds is 6. The van der Waals surface area contributed by atoms with Crippen LogP contribution in [0, 0.1) is 0 Å². The first-order chi connectivity index (χ1) is 7.17. The molecule has 0 radical (unpaired) electrons. The Hall–Kier alpha value is -0.690. The summed E-state index contributed by atoms with van der Waals surface area (Å²) in [5.41, 5.74) is 0. The van der Waals surface area contributed by atoms with Gasteiger partial charge in [0, 0.05) is 25.5 Å². The fraction of sp³-hybridized carbons (Fsp3) is 0.444. The normalized spacial score (nSPS) is 10.8. The third-order valence-electron chi connectivity index (χ3n) is 1.79. The minimum atomic E-state index is -3.39. The fourth-order valence-electron chi connectivity index (χ4n) is 1.04. The molecule has 0 spiro atoms. The maximum absolute atomic E-state index is 11.6. The number of aromatic nitrogens is 1. The maximum atomic E-state index is 11.6. The van der Waals surface area contributed by atoms with Crippen LogP contribution in [0.25, 0.3) is 0 Å². The minimum Gasteiger partial charge on any atom is -0.316 e. The highest BCUT2D eigenvalue weighted by atomic mass is 35.5. The molecule has 0 aliphatic carbocycles. The van der Waals surface area contributed by atoms with E-state index in [2.05, 4.69) is 15.0 Å². The standard InChI is InChI=1S/C9H15N3O2S.ClH/c1-2-10-6-7-12-15(13,14)9-4-3-5-11-8-9;/h3-5,8,10,12H,2,6-7H2,1H3;1H. The van der Waals surface area contributed by atoms with Crippen LogP contribution >= 0.6 is 12.4 Å². The number of likely N-dealkylation sites (N-methyl/N-ethyl adjacent to an activating group) is 1. The molecule has 0 aliphatic heterocycles. The predicted octanol–water partition coefficient (Wildman–Crippen LogP) is 0.391. The molecule has 0 bridgehead atoms. The van der Waals surface area contributed by atoms with E-state index in [1.165, 1.54) is 18.5 Å². The molecule has 0 aliphatic rings. The topological polar surface area (TPSA) is 71.1 Å². The molecule has 92 valence electrons. The van der Waals surface area contributed by atoms with E-state index in [9.17, 15) is 8.42 Å². The molecule has 1 heterocycles.